The third-order valence-corrected chi connectivity index (χ3v) is 3.72. The van der Waals surface area contributed by atoms with Gasteiger partial charge < -0.3 is 19.3 Å². The van der Waals surface area contributed by atoms with Crippen LogP contribution < -0.4 is 9.47 Å². The summed E-state index contributed by atoms with van der Waals surface area (Å²) in [4.78, 5) is 2.22. The van der Waals surface area contributed by atoms with Crippen LogP contribution in [0.15, 0.2) is 24.3 Å². The highest BCUT2D eigenvalue weighted by molar-refractivity contribution is 5.32. The Morgan fingerprint density at radius 2 is 2.10 bits per heavy atom. The zero-order chi connectivity index (χ0) is 14.4. The van der Waals surface area contributed by atoms with Gasteiger partial charge >= 0.3 is 0 Å². The Bertz CT molecular complexity index is 413. The van der Waals surface area contributed by atoms with Crippen LogP contribution in [0.25, 0.3) is 0 Å². The van der Waals surface area contributed by atoms with Gasteiger partial charge in [-0.2, -0.15) is 0 Å². The predicted octanol–water partition coefficient (Wildman–Crippen LogP) is 1.16. The molecule has 1 aromatic carbocycles. The van der Waals surface area contributed by atoms with Crippen LogP contribution in [0.4, 0.5) is 0 Å². The average Bonchev–Trinajstić information content (AvgIpc) is 2.90. The molecule has 0 spiro atoms. The Morgan fingerprint density at radius 3 is 2.80 bits per heavy atom. The summed E-state index contributed by atoms with van der Waals surface area (Å²) in [5, 5.41) is 9.38. The number of hydrogen-bond donors (Lipinski definition) is 1. The second-order valence-corrected chi connectivity index (χ2v) is 4.95. The van der Waals surface area contributed by atoms with Gasteiger partial charge in [0.05, 0.1) is 19.8 Å². The molecule has 1 fully saturated rings. The van der Waals surface area contributed by atoms with Crippen molar-refractivity contribution in [1.82, 2.24) is 4.90 Å². The van der Waals surface area contributed by atoms with Gasteiger partial charge in [-0.1, -0.05) is 6.07 Å². The number of methoxy groups -OCH3 is 2. The molecule has 1 aliphatic rings. The van der Waals surface area contributed by atoms with E-state index in [1.807, 2.05) is 24.3 Å². The minimum Gasteiger partial charge on any atom is -0.497 e. The van der Waals surface area contributed by atoms with Gasteiger partial charge in [-0.05, 0) is 18.6 Å². The molecule has 0 bridgehead atoms. The summed E-state index contributed by atoms with van der Waals surface area (Å²) in [6.07, 6.45) is 1.09. The minimum atomic E-state index is 0.166. The number of nitrogens with zero attached hydrogens (tertiary/aromatic N) is 1. The molecule has 0 saturated carbocycles. The first-order valence-electron chi connectivity index (χ1n) is 6.91. The van der Waals surface area contributed by atoms with Gasteiger partial charge in [0.25, 0.3) is 0 Å². The third-order valence-electron chi connectivity index (χ3n) is 3.72. The van der Waals surface area contributed by atoms with E-state index in [2.05, 4.69) is 4.90 Å². The molecule has 2 atom stereocenters. The number of likely N-dealkylation sites (tertiary alicyclic amines) is 1. The summed E-state index contributed by atoms with van der Waals surface area (Å²) < 4.78 is 16.2. The number of hydrogen-bond acceptors (Lipinski definition) is 5. The fourth-order valence-electron chi connectivity index (χ4n) is 2.54. The molecule has 5 heteroatoms. The number of rotatable bonds is 7. The largest absolute Gasteiger partial charge is 0.497 e. The lowest BCUT2D eigenvalue weighted by Crippen LogP contribution is -2.35. The van der Waals surface area contributed by atoms with Crippen molar-refractivity contribution in [2.24, 2.45) is 0 Å². The van der Waals surface area contributed by atoms with Crippen molar-refractivity contribution in [3.63, 3.8) is 0 Å². The van der Waals surface area contributed by atoms with Gasteiger partial charge in [0, 0.05) is 32.3 Å². The summed E-state index contributed by atoms with van der Waals surface area (Å²) in [7, 11) is 3.36. The first-order chi connectivity index (χ1) is 9.76. The van der Waals surface area contributed by atoms with Crippen molar-refractivity contribution in [1.29, 1.82) is 0 Å². The van der Waals surface area contributed by atoms with Crippen LogP contribution in [-0.4, -0.2) is 62.7 Å². The molecule has 1 aromatic rings. The second-order valence-electron chi connectivity index (χ2n) is 4.95. The SMILES string of the molecule is COc1cccc(OCCN2C[C@H](OC)C[C@H]2CO)c1. The molecule has 0 aliphatic carbocycles. The smallest absolute Gasteiger partial charge is 0.123 e. The third kappa shape index (κ3) is 3.85. The molecule has 0 radical (unpaired) electrons. The Balaban J connectivity index is 1.80. The Morgan fingerprint density at radius 1 is 1.30 bits per heavy atom. The molecule has 20 heavy (non-hydrogen) atoms. The first kappa shape index (κ1) is 15.1. The highest BCUT2D eigenvalue weighted by Gasteiger charge is 2.31. The molecular formula is C15H23NO4. The zero-order valence-corrected chi connectivity index (χ0v) is 12.1. The Labute approximate surface area is 120 Å². The predicted molar refractivity (Wildman–Crippen MR) is 76.3 cm³/mol. The highest BCUT2D eigenvalue weighted by Crippen LogP contribution is 2.21. The van der Waals surface area contributed by atoms with Crippen molar-refractivity contribution in [3.05, 3.63) is 24.3 Å². The van der Waals surface area contributed by atoms with E-state index in [0.29, 0.717) is 6.61 Å². The maximum Gasteiger partial charge on any atom is 0.123 e. The van der Waals surface area contributed by atoms with E-state index in [-0.39, 0.29) is 18.8 Å². The molecule has 1 saturated heterocycles. The Kier molecular flexibility index (Phi) is 5.64. The summed E-state index contributed by atoms with van der Waals surface area (Å²) >= 11 is 0. The van der Waals surface area contributed by atoms with Crippen molar-refractivity contribution < 1.29 is 19.3 Å². The van der Waals surface area contributed by atoms with E-state index in [0.717, 1.165) is 31.0 Å². The van der Waals surface area contributed by atoms with E-state index in [9.17, 15) is 5.11 Å². The lowest BCUT2D eigenvalue weighted by molar-refractivity contribution is 0.105. The maximum absolute atomic E-state index is 9.38. The standard InChI is InChI=1S/C15H23NO4/c1-18-13-4-3-5-14(9-13)20-7-6-16-10-15(19-2)8-12(16)11-17/h3-5,9,12,15,17H,6-8,10-11H2,1-2H3/t12-,15+/m0/s1. The van der Waals surface area contributed by atoms with Gasteiger partial charge in [0.15, 0.2) is 0 Å². The monoisotopic (exact) mass is 281 g/mol. The molecule has 0 unspecified atom stereocenters. The van der Waals surface area contributed by atoms with Gasteiger partial charge in [0.2, 0.25) is 0 Å². The van der Waals surface area contributed by atoms with Crippen LogP contribution >= 0.6 is 0 Å². The van der Waals surface area contributed by atoms with Gasteiger partial charge in [-0.15, -0.1) is 0 Å². The number of aliphatic hydroxyl groups excluding tert-OH is 1. The molecular weight excluding hydrogens is 258 g/mol. The zero-order valence-electron chi connectivity index (χ0n) is 12.1. The lowest BCUT2D eigenvalue weighted by Gasteiger charge is -2.22. The van der Waals surface area contributed by atoms with Gasteiger partial charge in [0.1, 0.15) is 18.1 Å². The summed E-state index contributed by atoms with van der Waals surface area (Å²) in [6.45, 7) is 2.38. The topological polar surface area (TPSA) is 51.2 Å². The van der Waals surface area contributed by atoms with E-state index < -0.39 is 0 Å². The molecule has 5 nitrogen and oxygen atoms in total. The number of aliphatic hydroxyl groups is 1. The van der Waals surface area contributed by atoms with Crippen LogP contribution in [0, 0.1) is 0 Å². The van der Waals surface area contributed by atoms with Crippen LogP contribution in [0.1, 0.15) is 6.42 Å². The number of benzene rings is 1. The first-order valence-corrected chi connectivity index (χ1v) is 6.91. The second kappa shape index (κ2) is 7.47. The van der Waals surface area contributed by atoms with Crippen molar-refractivity contribution in [3.8, 4) is 11.5 Å². The molecule has 1 heterocycles. The summed E-state index contributed by atoms with van der Waals surface area (Å²) in [5.41, 5.74) is 0. The molecule has 1 aliphatic heterocycles. The fraction of sp³-hybridized carbons (Fsp3) is 0.600. The van der Waals surface area contributed by atoms with Crippen LogP contribution in [0.5, 0.6) is 11.5 Å². The van der Waals surface area contributed by atoms with Crippen LogP contribution in [-0.2, 0) is 4.74 Å². The van der Waals surface area contributed by atoms with E-state index in [4.69, 9.17) is 14.2 Å². The van der Waals surface area contributed by atoms with E-state index in [1.54, 1.807) is 14.2 Å². The quantitative estimate of drug-likeness (QED) is 0.812. The van der Waals surface area contributed by atoms with Crippen molar-refractivity contribution in [2.75, 3.05) is 40.5 Å². The normalized spacial score (nSPS) is 22.9. The van der Waals surface area contributed by atoms with Gasteiger partial charge in [-0.3, -0.25) is 4.90 Å². The summed E-state index contributed by atoms with van der Waals surface area (Å²) in [5.74, 6) is 1.59. The summed E-state index contributed by atoms with van der Waals surface area (Å²) in [6, 6.07) is 7.74. The fourth-order valence-corrected chi connectivity index (χ4v) is 2.54. The maximum atomic E-state index is 9.38. The Hall–Kier alpha value is -1.30. The molecule has 112 valence electrons. The van der Waals surface area contributed by atoms with Crippen LogP contribution in [0.3, 0.4) is 0 Å². The van der Waals surface area contributed by atoms with Crippen LogP contribution in [0.2, 0.25) is 0 Å². The van der Waals surface area contributed by atoms with Crippen molar-refractivity contribution in [2.45, 2.75) is 18.6 Å². The minimum absolute atomic E-state index is 0.166. The molecule has 1 N–H and O–H groups in total. The molecule has 2 rings (SSSR count). The van der Waals surface area contributed by atoms with E-state index >= 15 is 0 Å². The van der Waals surface area contributed by atoms with Gasteiger partial charge in [-0.25, -0.2) is 0 Å². The lowest BCUT2D eigenvalue weighted by atomic mass is 10.2. The molecule has 0 aromatic heterocycles. The number of ether oxygens (including phenoxy) is 3. The van der Waals surface area contributed by atoms with Crippen molar-refractivity contribution >= 4 is 0 Å². The highest BCUT2D eigenvalue weighted by atomic mass is 16.5. The van der Waals surface area contributed by atoms with E-state index in [1.165, 1.54) is 0 Å². The molecule has 0 amide bonds. The average molecular weight is 281 g/mol.